The summed E-state index contributed by atoms with van der Waals surface area (Å²) in [5.74, 6) is 0.682. The number of benzene rings is 1. The number of methoxy groups -OCH3 is 1. The number of anilines is 1. The Morgan fingerprint density at radius 1 is 1.42 bits per heavy atom. The molecule has 3 aromatic rings. The summed E-state index contributed by atoms with van der Waals surface area (Å²) in [5.41, 5.74) is 1.46. The number of oxazole rings is 1. The lowest BCUT2D eigenvalue weighted by Crippen LogP contribution is -2.27. The van der Waals surface area contributed by atoms with Crippen LogP contribution in [-0.4, -0.2) is 29.7 Å². The number of hydrogen-bond donors (Lipinski definition) is 1. The monoisotopic (exact) mass is 328 g/mol. The lowest BCUT2D eigenvalue weighted by molar-refractivity contribution is -0.135. The Labute approximate surface area is 135 Å². The molecule has 1 aliphatic heterocycles. The third-order valence-electron chi connectivity index (χ3n) is 3.51. The molecule has 1 aliphatic rings. The van der Waals surface area contributed by atoms with Gasteiger partial charge in [0.25, 0.3) is 5.71 Å². The van der Waals surface area contributed by atoms with Crippen molar-refractivity contribution < 1.29 is 28.2 Å². The lowest BCUT2D eigenvalue weighted by Gasteiger charge is -2.15. The highest BCUT2D eigenvalue weighted by molar-refractivity contribution is 5.81. The molecule has 2 aromatic heterocycles. The average molecular weight is 328 g/mol. The molecule has 1 N–H and O–H groups in total. The van der Waals surface area contributed by atoms with Crippen LogP contribution < -0.4 is 14.4 Å². The van der Waals surface area contributed by atoms with E-state index in [1.165, 1.54) is 24.3 Å². The number of furan rings is 1. The van der Waals surface area contributed by atoms with Crippen molar-refractivity contribution in [2.75, 3.05) is 18.6 Å². The highest BCUT2D eigenvalue weighted by atomic mass is 16.5. The third-order valence-corrected chi connectivity index (χ3v) is 3.51. The highest BCUT2D eigenvalue weighted by Crippen LogP contribution is 2.41. The summed E-state index contributed by atoms with van der Waals surface area (Å²) in [6.07, 6.45) is 2.99. The first-order valence-corrected chi connectivity index (χ1v) is 7.05. The molecule has 0 radical (unpaired) electrons. The zero-order valence-corrected chi connectivity index (χ0v) is 12.6. The van der Waals surface area contributed by atoms with Gasteiger partial charge in [0.2, 0.25) is 11.8 Å². The number of carbonyl (C=O) groups is 1. The van der Waals surface area contributed by atoms with Gasteiger partial charge >= 0.3 is 5.97 Å². The maximum absolute atomic E-state index is 11.2. The molecule has 8 nitrogen and oxygen atoms in total. The highest BCUT2D eigenvalue weighted by Gasteiger charge is 2.29. The third kappa shape index (κ3) is 2.34. The minimum absolute atomic E-state index is 0.259. The summed E-state index contributed by atoms with van der Waals surface area (Å²) < 4.78 is 21.6. The molecule has 122 valence electrons. The van der Waals surface area contributed by atoms with Crippen molar-refractivity contribution in [3.8, 4) is 11.5 Å². The lowest BCUT2D eigenvalue weighted by atomic mass is 10.2. The summed E-state index contributed by atoms with van der Waals surface area (Å²) in [6, 6.07) is 6.80. The molecule has 8 heteroatoms. The Morgan fingerprint density at radius 3 is 3.04 bits per heavy atom. The predicted octanol–water partition coefficient (Wildman–Crippen LogP) is 2.71. The van der Waals surface area contributed by atoms with Crippen LogP contribution in [0.4, 0.5) is 5.69 Å². The summed E-state index contributed by atoms with van der Waals surface area (Å²) in [4.78, 5) is 16.9. The second-order valence-electron chi connectivity index (χ2n) is 5.04. The maximum Gasteiger partial charge on any atom is 0.323 e. The molecule has 0 saturated carbocycles. The molecule has 0 fully saturated rings. The molecular weight excluding hydrogens is 316 g/mol. The van der Waals surface area contributed by atoms with E-state index in [4.69, 9.17) is 18.3 Å². The van der Waals surface area contributed by atoms with E-state index < -0.39 is 5.97 Å². The van der Waals surface area contributed by atoms with Gasteiger partial charge in [-0.2, -0.15) is 4.98 Å². The van der Waals surface area contributed by atoms with E-state index in [1.54, 1.807) is 24.3 Å². The van der Waals surface area contributed by atoms with E-state index in [0.29, 0.717) is 34.4 Å². The first kappa shape index (κ1) is 14.2. The van der Waals surface area contributed by atoms with Gasteiger partial charge in [0, 0.05) is 12.1 Å². The van der Waals surface area contributed by atoms with Gasteiger partial charge < -0.3 is 23.4 Å². The number of nitrogens with zero attached hydrogens (tertiary/aromatic N) is 2. The summed E-state index contributed by atoms with van der Waals surface area (Å²) in [6.45, 7) is -0.275. The normalized spacial score (nSPS) is 14.9. The number of aromatic nitrogens is 1. The average Bonchev–Trinajstić information content (AvgIpc) is 3.21. The minimum atomic E-state index is -0.999. The molecular formula is C16H12N2O6. The summed E-state index contributed by atoms with van der Waals surface area (Å²) in [5, 5.41) is 9.18. The Hall–Kier alpha value is -3.42. The van der Waals surface area contributed by atoms with Crippen LogP contribution in [0.1, 0.15) is 5.89 Å². The van der Waals surface area contributed by atoms with Crippen LogP contribution in [0, 0.1) is 0 Å². The number of carboxylic acids is 1. The second-order valence-corrected chi connectivity index (χ2v) is 5.04. The number of fused-ring (bicyclic) bond motifs is 2. The zero-order chi connectivity index (χ0) is 16.7. The molecule has 0 spiro atoms. The van der Waals surface area contributed by atoms with Crippen LogP contribution in [0.2, 0.25) is 0 Å². The van der Waals surface area contributed by atoms with Crippen LogP contribution in [0.15, 0.2) is 45.2 Å². The first-order chi connectivity index (χ1) is 11.6. The topological polar surface area (TPSA) is 98.2 Å². The fourth-order valence-corrected chi connectivity index (χ4v) is 2.47. The molecule has 0 bridgehead atoms. The number of carboxylic acid groups (broad SMARTS) is 1. The molecule has 1 aromatic carbocycles. The van der Waals surface area contributed by atoms with Crippen molar-refractivity contribution in [1.82, 2.24) is 4.98 Å². The fourth-order valence-electron chi connectivity index (χ4n) is 2.47. The number of rotatable bonds is 4. The van der Waals surface area contributed by atoms with E-state index in [-0.39, 0.29) is 12.4 Å². The van der Waals surface area contributed by atoms with Gasteiger partial charge in [-0.3, -0.25) is 9.69 Å². The van der Waals surface area contributed by atoms with Crippen LogP contribution in [0.3, 0.4) is 0 Å². The van der Waals surface area contributed by atoms with Gasteiger partial charge in [-0.1, -0.05) is 0 Å². The van der Waals surface area contributed by atoms with E-state index >= 15 is 0 Å². The molecule has 4 rings (SSSR count). The van der Waals surface area contributed by atoms with E-state index in [9.17, 15) is 9.90 Å². The summed E-state index contributed by atoms with van der Waals surface area (Å²) in [7, 11) is 1.54. The first-order valence-electron chi connectivity index (χ1n) is 7.05. The van der Waals surface area contributed by atoms with Gasteiger partial charge in [0.05, 0.1) is 25.1 Å². The van der Waals surface area contributed by atoms with Crippen molar-refractivity contribution in [3.05, 3.63) is 42.3 Å². The van der Waals surface area contributed by atoms with Gasteiger partial charge in [-0.15, -0.1) is 0 Å². The SMILES string of the molecule is COc1ccc2c(c1)N(CC(=O)O)/C(=C/c1nc3occc3o1)O2. The van der Waals surface area contributed by atoms with E-state index in [2.05, 4.69) is 4.98 Å². The quantitative estimate of drug-likeness (QED) is 0.780. The van der Waals surface area contributed by atoms with Gasteiger partial charge in [0.1, 0.15) is 12.3 Å². The Kier molecular flexibility index (Phi) is 3.16. The fraction of sp³-hybridized carbons (Fsp3) is 0.125. The van der Waals surface area contributed by atoms with Crippen molar-refractivity contribution in [1.29, 1.82) is 0 Å². The molecule has 0 aliphatic carbocycles. The zero-order valence-electron chi connectivity index (χ0n) is 12.6. The van der Waals surface area contributed by atoms with Crippen molar-refractivity contribution in [2.45, 2.75) is 0 Å². The van der Waals surface area contributed by atoms with Gasteiger partial charge in [-0.25, -0.2) is 0 Å². The smallest absolute Gasteiger partial charge is 0.323 e. The van der Waals surface area contributed by atoms with E-state index in [0.717, 1.165) is 0 Å². The minimum Gasteiger partial charge on any atom is -0.497 e. The molecule has 0 amide bonds. The Morgan fingerprint density at radius 2 is 2.29 bits per heavy atom. The number of aliphatic carboxylic acids is 1. The van der Waals surface area contributed by atoms with Gasteiger partial charge in [0.15, 0.2) is 11.3 Å². The van der Waals surface area contributed by atoms with Crippen LogP contribution in [-0.2, 0) is 4.79 Å². The van der Waals surface area contributed by atoms with Crippen molar-refractivity contribution >= 4 is 29.0 Å². The molecule has 24 heavy (non-hydrogen) atoms. The van der Waals surface area contributed by atoms with Crippen molar-refractivity contribution in [2.24, 2.45) is 0 Å². The predicted molar refractivity (Wildman–Crippen MR) is 82.9 cm³/mol. The molecule has 3 heterocycles. The van der Waals surface area contributed by atoms with E-state index in [1.807, 2.05) is 0 Å². The molecule has 0 unspecified atom stereocenters. The maximum atomic E-state index is 11.2. The largest absolute Gasteiger partial charge is 0.497 e. The standard InChI is InChI=1S/C16H12N2O6/c1-21-9-2-3-11-10(6-9)18(8-15(19)20)14(24-11)7-13-17-16-12(23-13)4-5-22-16/h2-7H,8H2,1H3,(H,19,20)/b14-7-. The van der Waals surface area contributed by atoms with Crippen molar-refractivity contribution in [3.63, 3.8) is 0 Å². The Balaban J connectivity index is 1.75. The summed E-state index contributed by atoms with van der Waals surface area (Å²) >= 11 is 0. The van der Waals surface area contributed by atoms with Crippen LogP contribution >= 0.6 is 0 Å². The van der Waals surface area contributed by atoms with Crippen LogP contribution in [0.5, 0.6) is 11.5 Å². The molecule has 0 saturated heterocycles. The second kappa shape index (κ2) is 5.34. The number of hydrogen-bond acceptors (Lipinski definition) is 7. The Bertz CT molecular complexity index is 926. The van der Waals surface area contributed by atoms with Crippen LogP contribution in [0.25, 0.3) is 17.4 Å². The molecule has 0 atom stereocenters. The number of ether oxygens (including phenoxy) is 2. The van der Waals surface area contributed by atoms with Gasteiger partial charge in [-0.05, 0) is 12.1 Å².